The molecule has 0 radical (unpaired) electrons. The molecule has 0 spiro atoms. The van der Waals surface area contributed by atoms with E-state index in [0.29, 0.717) is 30.4 Å². The van der Waals surface area contributed by atoms with Crippen molar-refractivity contribution in [3.05, 3.63) is 60.2 Å². The number of amides is 1. The molecule has 6 N–H and O–H groups in total. The Kier molecular flexibility index (Phi) is 5.51. The molecule has 3 aromatic rings. The molecule has 1 atom stereocenters. The summed E-state index contributed by atoms with van der Waals surface area (Å²) in [6, 6.07) is 8.04. The third-order valence-corrected chi connectivity index (χ3v) is 5.88. The lowest BCUT2D eigenvalue weighted by Crippen LogP contribution is -2.41. The van der Waals surface area contributed by atoms with Gasteiger partial charge >= 0.3 is 0 Å². The fourth-order valence-electron chi connectivity index (χ4n) is 3.77. The minimum Gasteiger partial charge on any atom is -0.386 e. The molecule has 0 unspecified atom stereocenters. The molecular formula is C22H26N8O. The quantitative estimate of drug-likeness (QED) is 0.390. The van der Waals surface area contributed by atoms with Gasteiger partial charge in [-0.2, -0.15) is 10.1 Å². The van der Waals surface area contributed by atoms with Gasteiger partial charge in [0.2, 0.25) is 5.95 Å². The molecule has 1 fully saturated rings. The number of nitrogens with zero attached hydrogens (tertiary/aromatic N) is 5. The molecule has 1 aliphatic carbocycles. The van der Waals surface area contributed by atoms with Crippen molar-refractivity contribution in [2.75, 3.05) is 12.3 Å². The number of amidine groups is 1. The first-order valence-electron chi connectivity index (χ1n) is 10.2. The number of carbonyl (C=O) groups excluding carboxylic acids is 1. The Hall–Kier alpha value is -3.59. The van der Waals surface area contributed by atoms with E-state index in [0.717, 1.165) is 29.5 Å². The van der Waals surface area contributed by atoms with Crippen molar-refractivity contribution >= 4 is 17.7 Å². The van der Waals surface area contributed by atoms with Crippen LogP contribution in [0.1, 0.15) is 35.7 Å². The summed E-state index contributed by atoms with van der Waals surface area (Å²) in [4.78, 5) is 25.0. The van der Waals surface area contributed by atoms with Crippen LogP contribution in [0.4, 0.5) is 5.95 Å². The molecule has 9 nitrogen and oxygen atoms in total. The first kappa shape index (κ1) is 20.7. The van der Waals surface area contributed by atoms with E-state index in [4.69, 9.17) is 17.2 Å². The first-order chi connectivity index (χ1) is 14.9. The molecule has 9 heteroatoms. The Bertz CT molecular complexity index is 1100. The summed E-state index contributed by atoms with van der Waals surface area (Å²) < 4.78 is 1.62. The molecular weight excluding hydrogens is 392 g/mol. The molecule has 31 heavy (non-hydrogen) atoms. The van der Waals surface area contributed by atoms with Gasteiger partial charge in [0.1, 0.15) is 5.84 Å². The summed E-state index contributed by atoms with van der Waals surface area (Å²) in [7, 11) is 0. The van der Waals surface area contributed by atoms with Crippen molar-refractivity contribution in [1.29, 1.82) is 0 Å². The molecule has 4 rings (SSSR count). The van der Waals surface area contributed by atoms with Crippen LogP contribution in [-0.2, 0) is 12.0 Å². The molecule has 160 valence electrons. The van der Waals surface area contributed by atoms with E-state index in [-0.39, 0.29) is 5.95 Å². The van der Waals surface area contributed by atoms with Gasteiger partial charge < -0.3 is 17.2 Å². The molecule has 1 aliphatic rings. The van der Waals surface area contributed by atoms with Gasteiger partial charge in [-0.3, -0.25) is 9.48 Å². The maximum absolute atomic E-state index is 12.7. The Labute approximate surface area is 180 Å². The predicted molar refractivity (Wildman–Crippen MR) is 119 cm³/mol. The van der Waals surface area contributed by atoms with Crippen LogP contribution in [-0.4, -0.2) is 38.0 Å². The average molecular weight is 419 g/mol. The molecule has 2 aromatic heterocycles. The summed E-state index contributed by atoms with van der Waals surface area (Å²) in [6.45, 7) is 3.03. The van der Waals surface area contributed by atoms with E-state index in [1.807, 2.05) is 24.3 Å². The van der Waals surface area contributed by atoms with Crippen LogP contribution in [0.5, 0.6) is 0 Å². The predicted octanol–water partition coefficient (Wildman–Crippen LogP) is 1.75. The molecule has 0 saturated heterocycles. The zero-order chi connectivity index (χ0) is 22.0. The summed E-state index contributed by atoms with van der Waals surface area (Å²) >= 11 is 0. The van der Waals surface area contributed by atoms with Crippen LogP contribution in [0.25, 0.3) is 11.1 Å². The van der Waals surface area contributed by atoms with Gasteiger partial charge in [0.25, 0.3) is 5.91 Å². The van der Waals surface area contributed by atoms with E-state index in [1.165, 1.54) is 6.20 Å². The SMILES string of the molecule is C[C@](C(N)=NC(=O)c1cnn(CCN)c1)(c1ccc(-c2cnc(N)nc2)cc1)C1CC1. The van der Waals surface area contributed by atoms with E-state index in [2.05, 4.69) is 27.0 Å². The molecule has 1 aromatic carbocycles. The van der Waals surface area contributed by atoms with Gasteiger partial charge in [-0.05, 0) is 36.8 Å². The van der Waals surface area contributed by atoms with Crippen LogP contribution in [0.2, 0.25) is 0 Å². The second kappa shape index (κ2) is 8.27. The van der Waals surface area contributed by atoms with E-state index in [9.17, 15) is 4.79 Å². The second-order valence-electron chi connectivity index (χ2n) is 7.97. The highest BCUT2D eigenvalue weighted by atomic mass is 16.1. The molecule has 0 aliphatic heterocycles. The molecule has 1 saturated carbocycles. The largest absolute Gasteiger partial charge is 0.386 e. The van der Waals surface area contributed by atoms with Crippen molar-refractivity contribution < 1.29 is 4.79 Å². The highest BCUT2D eigenvalue weighted by Gasteiger charge is 2.46. The smallest absolute Gasteiger partial charge is 0.281 e. The summed E-state index contributed by atoms with van der Waals surface area (Å²) in [5.74, 6) is 0.497. The van der Waals surface area contributed by atoms with Crippen LogP contribution >= 0.6 is 0 Å². The van der Waals surface area contributed by atoms with E-state index >= 15 is 0 Å². The lowest BCUT2D eigenvalue weighted by molar-refractivity contribution is 0.100. The number of aromatic nitrogens is 4. The number of benzene rings is 1. The normalized spacial score (nSPS) is 16.1. The zero-order valence-corrected chi connectivity index (χ0v) is 17.4. The van der Waals surface area contributed by atoms with Gasteiger partial charge in [-0.25, -0.2) is 9.97 Å². The number of rotatable bonds is 7. The second-order valence-corrected chi connectivity index (χ2v) is 7.97. The number of anilines is 1. The van der Waals surface area contributed by atoms with Crippen molar-refractivity contribution in [1.82, 2.24) is 19.7 Å². The van der Waals surface area contributed by atoms with E-state index in [1.54, 1.807) is 23.3 Å². The van der Waals surface area contributed by atoms with Gasteiger partial charge in [-0.1, -0.05) is 24.3 Å². The van der Waals surface area contributed by atoms with Crippen molar-refractivity contribution in [2.45, 2.75) is 31.7 Å². The fraction of sp³-hybridized carbons (Fsp3) is 0.318. The van der Waals surface area contributed by atoms with Crippen LogP contribution in [0.15, 0.2) is 54.0 Å². The minimum atomic E-state index is -0.529. The summed E-state index contributed by atoms with van der Waals surface area (Å²) in [6.07, 6.45) is 8.61. The highest BCUT2D eigenvalue weighted by Crippen LogP contribution is 2.47. The zero-order valence-electron chi connectivity index (χ0n) is 17.4. The monoisotopic (exact) mass is 418 g/mol. The third kappa shape index (κ3) is 4.17. The Morgan fingerprint density at radius 1 is 1.16 bits per heavy atom. The number of aliphatic imine (C=N–C) groups is 1. The summed E-state index contributed by atoms with van der Waals surface area (Å²) in [5, 5.41) is 4.13. The number of carbonyl (C=O) groups is 1. The van der Waals surface area contributed by atoms with Crippen molar-refractivity contribution in [3.63, 3.8) is 0 Å². The number of nitrogens with two attached hydrogens (primary N) is 3. The molecule has 1 amide bonds. The molecule has 2 heterocycles. The van der Waals surface area contributed by atoms with Gasteiger partial charge in [0.15, 0.2) is 0 Å². The first-order valence-corrected chi connectivity index (χ1v) is 10.2. The summed E-state index contributed by atoms with van der Waals surface area (Å²) in [5.41, 5.74) is 20.3. The van der Waals surface area contributed by atoms with Crippen molar-refractivity contribution in [2.24, 2.45) is 22.4 Å². The maximum Gasteiger partial charge on any atom is 0.281 e. The van der Waals surface area contributed by atoms with Gasteiger partial charge in [-0.15, -0.1) is 0 Å². The number of nitrogen functional groups attached to an aromatic ring is 1. The third-order valence-electron chi connectivity index (χ3n) is 5.88. The van der Waals surface area contributed by atoms with Crippen molar-refractivity contribution in [3.8, 4) is 11.1 Å². The maximum atomic E-state index is 12.7. The highest BCUT2D eigenvalue weighted by molar-refractivity contribution is 6.06. The van der Waals surface area contributed by atoms with Crippen LogP contribution < -0.4 is 17.2 Å². The Balaban J connectivity index is 1.61. The number of hydrogen-bond acceptors (Lipinski definition) is 6. The Morgan fingerprint density at radius 2 is 1.84 bits per heavy atom. The van der Waals surface area contributed by atoms with Crippen LogP contribution in [0.3, 0.4) is 0 Å². The minimum absolute atomic E-state index is 0.240. The van der Waals surface area contributed by atoms with E-state index < -0.39 is 11.3 Å². The fourth-order valence-corrected chi connectivity index (χ4v) is 3.77. The van der Waals surface area contributed by atoms with Gasteiger partial charge in [0, 0.05) is 30.7 Å². The average Bonchev–Trinajstić information content (AvgIpc) is 3.53. The Morgan fingerprint density at radius 3 is 2.45 bits per heavy atom. The molecule has 0 bridgehead atoms. The number of hydrogen-bond donors (Lipinski definition) is 3. The lowest BCUT2D eigenvalue weighted by atomic mass is 9.76. The van der Waals surface area contributed by atoms with Gasteiger partial charge in [0.05, 0.1) is 23.7 Å². The lowest BCUT2D eigenvalue weighted by Gasteiger charge is -2.30. The topological polar surface area (TPSA) is 151 Å². The standard InChI is InChI=1S/C22H26N8O/c1-22(18-6-7-18,20(24)29-19(31)16-12-28-30(13-16)9-8-23)17-4-2-14(3-5-17)15-10-26-21(25)27-11-15/h2-5,10-13,18H,6-9,23H2,1H3,(H2,24,29,31)(H2,25,26,27)/t22-/m0/s1. The van der Waals surface area contributed by atoms with Crippen LogP contribution in [0, 0.1) is 5.92 Å².